The van der Waals surface area contributed by atoms with Crippen molar-refractivity contribution in [3.63, 3.8) is 0 Å². The third kappa shape index (κ3) is 3.34. The van der Waals surface area contributed by atoms with Gasteiger partial charge in [-0.25, -0.2) is 27.1 Å². The molecule has 27 heavy (non-hydrogen) atoms. The molecule has 1 unspecified atom stereocenters. The first kappa shape index (κ1) is 17.7. The van der Waals surface area contributed by atoms with E-state index in [0.717, 1.165) is 38.1 Å². The Hall–Kier alpha value is -2.68. The Morgan fingerprint density at radius 1 is 1.19 bits per heavy atom. The average Bonchev–Trinajstić information content (AvgIpc) is 3.05. The quantitative estimate of drug-likeness (QED) is 0.678. The maximum Gasteiger partial charge on any atom is 0.269 e. The highest BCUT2D eigenvalue weighted by Crippen LogP contribution is 2.33. The van der Waals surface area contributed by atoms with Crippen LogP contribution in [0, 0.1) is 11.6 Å². The third-order valence-electron chi connectivity index (χ3n) is 4.65. The lowest BCUT2D eigenvalue weighted by atomic mass is 10.0. The SMILES string of the molecule is Fc1ccc(-c2cnn3ccc(NC4CCCNC4)nc23)c(F)c1C(F)F. The Balaban J connectivity index is 1.74. The van der Waals surface area contributed by atoms with Gasteiger partial charge in [0.1, 0.15) is 17.5 Å². The van der Waals surface area contributed by atoms with Crippen LogP contribution in [0.4, 0.5) is 23.4 Å². The van der Waals surface area contributed by atoms with Crippen molar-refractivity contribution < 1.29 is 17.6 Å². The number of rotatable bonds is 4. The van der Waals surface area contributed by atoms with Crippen molar-refractivity contribution in [3.8, 4) is 11.1 Å². The van der Waals surface area contributed by atoms with E-state index in [1.165, 1.54) is 10.7 Å². The Bertz CT molecular complexity index is 966. The highest BCUT2D eigenvalue weighted by atomic mass is 19.3. The summed E-state index contributed by atoms with van der Waals surface area (Å²) in [5, 5.41) is 10.7. The summed E-state index contributed by atoms with van der Waals surface area (Å²) in [6, 6.07) is 3.91. The first-order valence-electron chi connectivity index (χ1n) is 8.62. The molecule has 4 rings (SSSR count). The van der Waals surface area contributed by atoms with Crippen LogP contribution in [0.2, 0.25) is 0 Å². The molecule has 1 aliphatic rings. The fourth-order valence-corrected chi connectivity index (χ4v) is 3.30. The van der Waals surface area contributed by atoms with Crippen molar-refractivity contribution in [1.29, 1.82) is 0 Å². The molecule has 1 fully saturated rings. The van der Waals surface area contributed by atoms with E-state index >= 15 is 0 Å². The molecule has 142 valence electrons. The number of aromatic nitrogens is 3. The van der Waals surface area contributed by atoms with Crippen LogP contribution in [0.3, 0.4) is 0 Å². The summed E-state index contributed by atoms with van der Waals surface area (Å²) < 4.78 is 55.6. The summed E-state index contributed by atoms with van der Waals surface area (Å²) in [5.41, 5.74) is -0.880. The summed E-state index contributed by atoms with van der Waals surface area (Å²) in [6.45, 7) is 1.79. The molecule has 3 heterocycles. The summed E-state index contributed by atoms with van der Waals surface area (Å²) in [4.78, 5) is 4.46. The number of hydrogen-bond donors (Lipinski definition) is 2. The number of piperidine rings is 1. The molecule has 1 aliphatic heterocycles. The van der Waals surface area contributed by atoms with Gasteiger partial charge in [0.05, 0.1) is 11.8 Å². The van der Waals surface area contributed by atoms with Gasteiger partial charge in [0.2, 0.25) is 0 Å². The summed E-state index contributed by atoms with van der Waals surface area (Å²) in [6.07, 6.45) is 1.78. The van der Waals surface area contributed by atoms with Crippen molar-refractivity contribution in [3.05, 3.63) is 47.8 Å². The van der Waals surface area contributed by atoms with Gasteiger partial charge in [-0.1, -0.05) is 0 Å². The molecule has 0 amide bonds. The molecule has 0 saturated carbocycles. The zero-order valence-corrected chi connectivity index (χ0v) is 14.2. The lowest BCUT2D eigenvalue weighted by Crippen LogP contribution is -2.38. The fourth-order valence-electron chi connectivity index (χ4n) is 3.30. The highest BCUT2D eigenvalue weighted by molar-refractivity contribution is 5.78. The van der Waals surface area contributed by atoms with Crippen LogP contribution in [0.25, 0.3) is 16.8 Å². The zero-order chi connectivity index (χ0) is 19.0. The third-order valence-corrected chi connectivity index (χ3v) is 4.65. The minimum Gasteiger partial charge on any atom is -0.366 e. The monoisotopic (exact) mass is 379 g/mol. The molecule has 0 spiro atoms. The lowest BCUT2D eigenvalue weighted by molar-refractivity contribution is 0.141. The van der Waals surface area contributed by atoms with Crippen LogP contribution in [0.5, 0.6) is 0 Å². The van der Waals surface area contributed by atoms with Crippen molar-refractivity contribution in [1.82, 2.24) is 19.9 Å². The molecule has 1 saturated heterocycles. The molecule has 0 radical (unpaired) electrons. The molecule has 2 aromatic heterocycles. The normalized spacial score (nSPS) is 17.6. The van der Waals surface area contributed by atoms with Crippen LogP contribution in [0.1, 0.15) is 24.8 Å². The number of hydrogen-bond acceptors (Lipinski definition) is 4. The number of nitrogens with one attached hydrogen (secondary N) is 2. The van der Waals surface area contributed by atoms with Crippen LogP contribution >= 0.6 is 0 Å². The van der Waals surface area contributed by atoms with E-state index in [1.807, 2.05) is 0 Å². The van der Waals surface area contributed by atoms with Crippen molar-refractivity contribution in [2.45, 2.75) is 25.3 Å². The average molecular weight is 379 g/mol. The van der Waals surface area contributed by atoms with E-state index in [9.17, 15) is 17.6 Å². The zero-order valence-electron chi connectivity index (χ0n) is 14.2. The summed E-state index contributed by atoms with van der Waals surface area (Å²) in [7, 11) is 0. The van der Waals surface area contributed by atoms with E-state index in [1.54, 1.807) is 12.3 Å². The summed E-state index contributed by atoms with van der Waals surface area (Å²) in [5.74, 6) is -1.99. The standard InChI is InChI=1S/C18H17F4N5/c19-13-4-3-11(16(20)15(13)17(21)22)12-9-24-27-7-5-14(26-18(12)27)25-10-2-1-6-23-8-10/h3-5,7,9-10,17,23H,1-2,6,8H2,(H,25,26). The maximum absolute atomic E-state index is 14.5. The highest BCUT2D eigenvalue weighted by Gasteiger charge is 2.24. The van der Waals surface area contributed by atoms with Gasteiger partial charge in [-0.15, -0.1) is 0 Å². The number of fused-ring (bicyclic) bond motifs is 1. The molecule has 1 aromatic carbocycles. The molecular weight excluding hydrogens is 362 g/mol. The molecule has 0 bridgehead atoms. The maximum atomic E-state index is 14.5. The minimum absolute atomic E-state index is 0.161. The van der Waals surface area contributed by atoms with Crippen LogP contribution < -0.4 is 10.6 Å². The van der Waals surface area contributed by atoms with Crippen molar-refractivity contribution in [2.24, 2.45) is 0 Å². The topological polar surface area (TPSA) is 54.2 Å². The molecule has 0 aliphatic carbocycles. The molecule has 5 nitrogen and oxygen atoms in total. The van der Waals surface area contributed by atoms with Crippen molar-refractivity contribution >= 4 is 11.5 Å². The van der Waals surface area contributed by atoms with Gasteiger partial charge >= 0.3 is 0 Å². The van der Waals surface area contributed by atoms with E-state index in [0.29, 0.717) is 11.5 Å². The number of nitrogens with zero attached hydrogens (tertiary/aromatic N) is 3. The predicted molar refractivity (Wildman–Crippen MR) is 92.8 cm³/mol. The molecule has 9 heteroatoms. The second kappa shape index (κ2) is 7.15. The first-order valence-corrected chi connectivity index (χ1v) is 8.62. The molecule has 1 atom stereocenters. The molecule has 2 N–H and O–H groups in total. The lowest BCUT2D eigenvalue weighted by Gasteiger charge is -2.24. The van der Waals surface area contributed by atoms with Gasteiger partial charge in [-0.2, -0.15) is 5.10 Å². The van der Waals surface area contributed by atoms with Gasteiger partial charge in [0, 0.05) is 29.9 Å². The Morgan fingerprint density at radius 3 is 2.78 bits per heavy atom. The predicted octanol–water partition coefficient (Wildman–Crippen LogP) is 3.78. The number of anilines is 1. The fraction of sp³-hybridized carbons (Fsp3) is 0.333. The van der Waals surface area contributed by atoms with Crippen LogP contribution in [-0.2, 0) is 0 Å². The van der Waals surface area contributed by atoms with Crippen molar-refractivity contribution in [2.75, 3.05) is 18.4 Å². The largest absolute Gasteiger partial charge is 0.366 e. The van der Waals surface area contributed by atoms with Crippen LogP contribution in [0.15, 0.2) is 30.6 Å². The van der Waals surface area contributed by atoms with E-state index in [2.05, 4.69) is 20.7 Å². The van der Waals surface area contributed by atoms with Gasteiger partial charge < -0.3 is 10.6 Å². The Kier molecular flexibility index (Phi) is 4.69. The van der Waals surface area contributed by atoms with E-state index in [-0.39, 0.29) is 17.2 Å². The van der Waals surface area contributed by atoms with Gasteiger partial charge in [0.25, 0.3) is 6.43 Å². The van der Waals surface area contributed by atoms with Gasteiger partial charge in [-0.3, -0.25) is 0 Å². The van der Waals surface area contributed by atoms with Crippen LogP contribution in [-0.4, -0.2) is 33.7 Å². The van der Waals surface area contributed by atoms with E-state index < -0.39 is 23.6 Å². The number of alkyl halides is 2. The Morgan fingerprint density at radius 2 is 2.04 bits per heavy atom. The first-order chi connectivity index (χ1) is 13.0. The minimum atomic E-state index is -3.25. The molecule has 3 aromatic rings. The second-order valence-electron chi connectivity index (χ2n) is 6.45. The summed E-state index contributed by atoms with van der Waals surface area (Å²) >= 11 is 0. The number of halogens is 4. The second-order valence-corrected chi connectivity index (χ2v) is 6.45. The van der Waals surface area contributed by atoms with Gasteiger partial charge in [0.15, 0.2) is 5.65 Å². The number of benzene rings is 1. The van der Waals surface area contributed by atoms with Gasteiger partial charge in [-0.05, 0) is 37.6 Å². The smallest absolute Gasteiger partial charge is 0.269 e. The van der Waals surface area contributed by atoms with E-state index in [4.69, 9.17) is 0 Å². The molecular formula is C18H17F4N5. The Labute approximate surface area is 152 Å².